The van der Waals surface area contributed by atoms with Crippen LogP contribution >= 0.6 is 0 Å². The van der Waals surface area contributed by atoms with E-state index in [0.29, 0.717) is 0 Å². The van der Waals surface area contributed by atoms with Crippen molar-refractivity contribution < 1.29 is 4.42 Å². The molecule has 1 aromatic heterocycles. The minimum Gasteiger partial charge on any atom is -0.455 e. The van der Waals surface area contributed by atoms with E-state index in [0.717, 1.165) is 50.9 Å². The third kappa shape index (κ3) is 6.56. The number of para-hydroxylation sites is 2. The molecule has 1 heterocycles. The Morgan fingerprint density at radius 2 is 1.21 bits per heavy atom. The first-order valence-corrected chi connectivity index (χ1v) is 22.0. The molecule has 0 radical (unpaired) electrons. The SMILES string of the molecule is CC(C)(C)c1cc(C(C)(C)C)c2c(c1)C(C)(C)c1cccc(C3CC=CC=C3N(c3ccc(-c4ccccc4)cc3)c3ccc(-c4cccc5c4oc4ccccc45)cc3)c1-2. The fourth-order valence-electron chi connectivity index (χ4n) is 10.0. The summed E-state index contributed by atoms with van der Waals surface area (Å²) in [6.07, 6.45) is 7.88. The molecule has 0 saturated carbocycles. The molecule has 10 rings (SSSR count). The number of fused-ring (bicyclic) bond motifs is 6. The molecule has 0 bridgehead atoms. The molecule has 1 atom stereocenters. The fraction of sp³-hybridized carbons (Fsp3) is 0.220. The smallest absolute Gasteiger partial charge is 0.143 e. The molecule has 2 aliphatic rings. The summed E-state index contributed by atoms with van der Waals surface area (Å²) in [6.45, 7) is 19.1. The Labute approximate surface area is 361 Å². The van der Waals surface area contributed by atoms with Gasteiger partial charge in [-0.1, -0.05) is 189 Å². The number of nitrogens with zero attached hydrogens (tertiary/aromatic N) is 1. The van der Waals surface area contributed by atoms with Crippen LogP contribution in [0.4, 0.5) is 11.4 Å². The molecule has 302 valence electrons. The zero-order chi connectivity index (χ0) is 42.3. The highest BCUT2D eigenvalue weighted by Crippen LogP contribution is 2.57. The van der Waals surface area contributed by atoms with Gasteiger partial charge in [-0.2, -0.15) is 0 Å². The zero-order valence-corrected chi connectivity index (χ0v) is 36.8. The number of hydrogen-bond acceptors (Lipinski definition) is 2. The summed E-state index contributed by atoms with van der Waals surface area (Å²) in [7, 11) is 0. The molecular formula is C59H55NO. The maximum atomic E-state index is 6.49. The van der Waals surface area contributed by atoms with Gasteiger partial charge in [0.15, 0.2) is 0 Å². The Hall–Kier alpha value is -6.38. The lowest BCUT2D eigenvalue weighted by molar-refractivity contribution is 0.564. The molecule has 2 heteroatoms. The first-order chi connectivity index (χ1) is 29.3. The Bertz CT molecular complexity index is 3010. The Balaban J connectivity index is 1.13. The highest BCUT2D eigenvalue weighted by atomic mass is 16.3. The summed E-state index contributed by atoms with van der Waals surface area (Å²) < 4.78 is 6.49. The van der Waals surface area contributed by atoms with Gasteiger partial charge >= 0.3 is 0 Å². The van der Waals surface area contributed by atoms with E-state index in [-0.39, 0.29) is 22.2 Å². The summed E-state index contributed by atoms with van der Waals surface area (Å²) >= 11 is 0. The first kappa shape index (κ1) is 38.8. The standard InChI is InChI=1S/C59H55NO/c1-57(2,3)41-36-50(58(4,5)6)55-51(37-41)59(7,8)49-25-17-23-47(54(49)55)45-20-12-14-26-52(45)60(42-32-28-39(29-33-42)38-18-10-9-11-19-38)43-34-30-40(31-35-43)44-22-16-24-48-46-21-13-15-27-53(46)61-56(44)48/h9-19,21-37,45H,20H2,1-8H3. The van der Waals surface area contributed by atoms with Crippen LogP contribution in [0.2, 0.25) is 0 Å². The summed E-state index contributed by atoms with van der Waals surface area (Å²) in [6, 6.07) is 55.9. The highest BCUT2D eigenvalue weighted by Gasteiger charge is 2.42. The summed E-state index contributed by atoms with van der Waals surface area (Å²) in [4.78, 5) is 2.50. The minimum absolute atomic E-state index is 0.0392. The van der Waals surface area contributed by atoms with Crippen molar-refractivity contribution in [3.05, 3.63) is 203 Å². The van der Waals surface area contributed by atoms with Crippen molar-refractivity contribution in [3.8, 4) is 33.4 Å². The van der Waals surface area contributed by atoms with Crippen LogP contribution in [-0.4, -0.2) is 0 Å². The number of rotatable bonds is 6. The molecule has 0 fully saturated rings. The van der Waals surface area contributed by atoms with Crippen molar-refractivity contribution in [1.29, 1.82) is 0 Å². The molecular weight excluding hydrogens is 739 g/mol. The third-order valence-electron chi connectivity index (χ3n) is 13.3. The van der Waals surface area contributed by atoms with Crippen LogP contribution in [0.1, 0.15) is 95.5 Å². The lowest BCUT2D eigenvalue weighted by Crippen LogP contribution is -2.23. The average molecular weight is 794 g/mol. The van der Waals surface area contributed by atoms with Crippen molar-refractivity contribution in [2.24, 2.45) is 0 Å². The molecule has 0 saturated heterocycles. The van der Waals surface area contributed by atoms with Crippen molar-refractivity contribution in [2.45, 2.75) is 84.0 Å². The van der Waals surface area contributed by atoms with Gasteiger partial charge in [-0.3, -0.25) is 0 Å². The monoisotopic (exact) mass is 793 g/mol. The quantitative estimate of drug-likeness (QED) is 0.167. The fourth-order valence-corrected chi connectivity index (χ4v) is 10.0. The van der Waals surface area contributed by atoms with E-state index >= 15 is 0 Å². The van der Waals surface area contributed by atoms with E-state index in [1.165, 1.54) is 55.8 Å². The third-order valence-corrected chi connectivity index (χ3v) is 13.3. The largest absolute Gasteiger partial charge is 0.455 e. The van der Waals surface area contributed by atoms with Crippen LogP contribution in [0.15, 0.2) is 180 Å². The van der Waals surface area contributed by atoms with Gasteiger partial charge < -0.3 is 9.32 Å². The molecule has 0 N–H and O–H groups in total. The van der Waals surface area contributed by atoms with Crippen LogP contribution in [0.25, 0.3) is 55.3 Å². The van der Waals surface area contributed by atoms with Gasteiger partial charge in [0.25, 0.3) is 0 Å². The zero-order valence-electron chi connectivity index (χ0n) is 36.8. The van der Waals surface area contributed by atoms with Gasteiger partial charge in [0, 0.05) is 44.7 Å². The van der Waals surface area contributed by atoms with Crippen molar-refractivity contribution in [1.82, 2.24) is 0 Å². The van der Waals surface area contributed by atoms with Crippen LogP contribution in [-0.2, 0) is 16.2 Å². The second-order valence-electron chi connectivity index (χ2n) is 19.7. The molecule has 0 amide bonds. The number of furan rings is 1. The van der Waals surface area contributed by atoms with Crippen LogP contribution in [0, 0.1) is 0 Å². The molecule has 61 heavy (non-hydrogen) atoms. The number of benzene rings is 7. The summed E-state index contributed by atoms with van der Waals surface area (Å²) in [5, 5.41) is 2.29. The molecule has 1 unspecified atom stereocenters. The van der Waals surface area contributed by atoms with E-state index in [2.05, 4.69) is 224 Å². The van der Waals surface area contributed by atoms with E-state index in [1.807, 2.05) is 6.07 Å². The van der Waals surface area contributed by atoms with E-state index < -0.39 is 0 Å². The molecule has 8 aromatic rings. The van der Waals surface area contributed by atoms with Gasteiger partial charge in [0.1, 0.15) is 11.2 Å². The van der Waals surface area contributed by atoms with Crippen LogP contribution < -0.4 is 4.90 Å². The average Bonchev–Trinajstić information content (AvgIpc) is 3.76. The van der Waals surface area contributed by atoms with Crippen molar-refractivity contribution >= 4 is 33.3 Å². The predicted octanol–water partition coefficient (Wildman–Crippen LogP) is 16.6. The molecule has 0 spiro atoms. The van der Waals surface area contributed by atoms with E-state index in [1.54, 1.807) is 0 Å². The predicted molar refractivity (Wildman–Crippen MR) is 259 cm³/mol. The van der Waals surface area contributed by atoms with Gasteiger partial charge in [-0.05, 0) is 109 Å². The lowest BCUT2D eigenvalue weighted by atomic mass is 9.74. The molecule has 0 aliphatic heterocycles. The van der Waals surface area contributed by atoms with Gasteiger partial charge in [0.2, 0.25) is 0 Å². The minimum atomic E-state index is -0.137. The Kier molecular flexibility index (Phi) is 9.14. The number of allylic oxidation sites excluding steroid dienone is 4. The normalized spacial score (nSPS) is 15.8. The second-order valence-corrected chi connectivity index (χ2v) is 19.7. The van der Waals surface area contributed by atoms with Crippen molar-refractivity contribution in [2.75, 3.05) is 4.90 Å². The lowest BCUT2D eigenvalue weighted by Gasteiger charge is -2.35. The van der Waals surface area contributed by atoms with Gasteiger partial charge in [-0.15, -0.1) is 0 Å². The number of hydrogen-bond donors (Lipinski definition) is 0. The maximum Gasteiger partial charge on any atom is 0.143 e. The first-order valence-electron chi connectivity index (χ1n) is 22.0. The molecule has 7 aromatic carbocycles. The number of anilines is 2. The van der Waals surface area contributed by atoms with Crippen LogP contribution in [0.5, 0.6) is 0 Å². The topological polar surface area (TPSA) is 16.4 Å². The van der Waals surface area contributed by atoms with E-state index in [4.69, 9.17) is 4.42 Å². The van der Waals surface area contributed by atoms with Crippen molar-refractivity contribution in [3.63, 3.8) is 0 Å². The highest BCUT2D eigenvalue weighted by molar-refractivity contribution is 6.09. The Morgan fingerprint density at radius 1 is 0.574 bits per heavy atom. The molecule has 2 aliphatic carbocycles. The Morgan fingerprint density at radius 3 is 1.92 bits per heavy atom. The second kappa shape index (κ2) is 14.4. The van der Waals surface area contributed by atoms with E-state index in [9.17, 15) is 0 Å². The maximum absolute atomic E-state index is 6.49. The van der Waals surface area contributed by atoms with Crippen LogP contribution in [0.3, 0.4) is 0 Å². The van der Waals surface area contributed by atoms with Gasteiger partial charge in [0.05, 0.1) is 0 Å². The van der Waals surface area contributed by atoms with Gasteiger partial charge in [-0.25, -0.2) is 0 Å². The molecule has 2 nitrogen and oxygen atoms in total. The summed E-state index contributed by atoms with van der Waals surface area (Å²) in [5.74, 6) is 0.120. The summed E-state index contributed by atoms with van der Waals surface area (Å²) in [5.41, 5.74) is 19.9.